The van der Waals surface area contributed by atoms with Gasteiger partial charge in [-0.25, -0.2) is 9.55 Å². The Bertz CT molecular complexity index is 299. The second kappa shape index (κ2) is 7.74. The van der Waals surface area contributed by atoms with Crippen LogP contribution in [0.2, 0.25) is 0 Å². The van der Waals surface area contributed by atoms with Gasteiger partial charge in [0.1, 0.15) is 6.54 Å². The van der Waals surface area contributed by atoms with Crippen molar-refractivity contribution in [3.8, 4) is 0 Å². The van der Waals surface area contributed by atoms with E-state index in [1.165, 1.54) is 12.8 Å². The van der Waals surface area contributed by atoms with Crippen LogP contribution in [0.3, 0.4) is 0 Å². The van der Waals surface area contributed by atoms with Crippen molar-refractivity contribution < 1.29 is 4.57 Å². The molecule has 1 N–H and O–H groups in total. The quantitative estimate of drug-likeness (QED) is 0.764. The first-order chi connectivity index (χ1) is 7.43. The Balaban J connectivity index is 0.000000187. The third kappa shape index (κ3) is 5.62. The van der Waals surface area contributed by atoms with Crippen molar-refractivity contribution in [1.29, 1.82) is 0 Å². The maximum absolute atomic E-state index is 3.67. The van der Waals surface area contributed by atoms with Gasteiger partial charge in [0.2, 0.25) is 0 Å². The number of rotatable bonds is 3. The van der Waals surface area contributed by atoms with E-state index in [-0.39, 0.29) is 0 Å². The molecule has 0 fully saturated rings. The van der Waals surface area contributed by atoms with Crippen LogP contribution in [-0.4, -0.2) is 9.97 Å². The van der Waals surface area contributed by atoms with Gasteiger partial charge in [-0.2, -0.15) is 0 Å². The molecule has 3 nitrogen and oxygen atoms in total. The number of hydrogen-bond donors (Lipinski definition) is 1. The molecule has 80 valence electrons. The second-order valence-corrected chi connectivity index (χ2v) is 3.23. The monoisotopic (exact) mass is 204 g/mol. The molecule has 0 aliphatic heterocycles. The highest BCUT2D eigenvalue weighted by molar-refractivity contribution is 4.83. The molecule has 0 aliphatic carbocycles. The summed E-state index contributed by atoms with van der Waals surface area (Å²) in [6, 6.07) is 6.17. The molecule has 0 bridgehead atoms. The Kier molecular flexibility index (Phi) is 5.90. The Morgan fingerprint density at radius 1 is 1.20 bits per heavy atom. The summed E-state index contributed by atoms with van der Waals surface area (Å²) >= 11 is 0. The lowest BCUT2D eigenvalue weighted by Crippen LogP contribution is -2.31. The summed E-state index contributed by atoms with van der Waals surface area (Å²) in [7, 11) is 0. The van der Waals surface area contributed by atoms with E-state index >= 15 is 0 Å². The van der Waals surface area contributed by atoms with E-state index in [9.17, 15) is 0 Å². The number of aryl methyl sites for hydroxylation is 1. The van der Waals surface area contributed by atoms with E-state index < -0.39 is 0 Å². The van der Waals surface area contributed by atoms with Crippen LogP contribution in [0, 0.1) is 0 Å². The number of pyridine rings is 1. The van der Waals surface area contributed by atoms with Gasteiger partial charge in [0, 0.05) is 30.9 Å². The third-order valence-electron chi connectivity index (χ3n) is 1.95. The van der Waals surface area contributed by atoms with Crippen molar-refractivity contribution in [2.24, 2.45) is 0 Å². The van der Waals surface area contributed by atoms with Gasteiger partial charge >= 0.3 is 0 Å². The first-order valence-electron chi connectivity index (χ1n) is 5.30. The number of nitrogens with one attached hydrogen (secondary N) is 1. The van der Waals surface area contributed by atoms with Crippen LogP contribution >= 0.6 is 0 Å². The molecule has 0 saturated carbocycles. The van der Waals surface area contributed by atoms with Crippen molar-refractivity contribution in [3.05, 3.63) is 49.3 Å². The average molecular weight is 204 g/mol. The number of imidazole rings is 1. The summed E-state index contributed by atoms with van der Waals surface area (Å²) in [5.74, 6) is 0. The molecule has 2 heterocycles. The molecule has 0 atom stereocenters. The van der Waals surface area contributed by atoms with Crippen LogP contribution in [0.5, 0.6) is 0 Å². The molecule has 0 spiro atoms. The molecule has 15 heavy (non-hydrogen) atoms. The summed E-state index contributed by atoms with van der Waals surface area (Å²) in [5.41, 5.74) is 0. The van der Waals surface area contributed by atoms with Gasteiger partial charge in [-0.05, 0) is 0 Å². The second-order valence-electron chi connectivity index (χ2n) is 3.23. The molecule has 3 heteroatoms. The minimum absolute atomic E-state index is 1.15. The fraction of sp³-hybridized carbons (Fsp3) is 0.333. The largest absolute Gasteiger partial charge is 0.351 e. The number of aromatic nitrogens is 3. The zero-order valence-corrected chi connectivity index (χ0v) is 9.13. The normalized spacial score (nSPS) is 9.13. The van der Waals surface area contributed by atoms with Gasteiger partial charge in [0.15, 0.2) is 12.4 Å². The summed E-state index contributed by atoms with van der Waals surface area (Å²) in [6.45, 7) is 3.36. The standard InChI is InChI=1S/C9H14N.C3H4N2/c1-2-3-7-10-8-5-4-6-9-10;1-2-5-3-4-1/h4-6,8-9H,2-3,7H2,1H3;1-3H,(H,4,5)/q+1;. The Morgan fingerprint density at radius 2 is 2.00 bits per heavy atom. The Hall–Kier alpha value is -1.64. The van der Waals surface area contributed by atoms with E-state index in [1.54, 1.807) is 18.7 Å². The summed E-state index contributed by atoms with van der Waals surface area (Å²) in [5, 5.41) is 0. The number of nitrogens with zero attached hydrogens (tertiary/aromatic N) is 2. The summed E-state index contributed by atoms with van der Waals surface area (Å²) in [6.07, 6.45) is 11.8. The van der Waals surface area contributed by atoms with Crippen LogP contribution in [0.15, 0.2) is 49.3 Å². The highest BCUT2D eigenvalue weighted by Gasteiger charge is 1.93. The van der Waals surface area contributed by atoms with E-state index in [1.807, 2.05) is 6.07 Å². The first-order valence-corrected chi connectivity index (χ1v) is 5.30. The SMILES string of the molecule is CCCC[n+]1ccccc1.c1c[nH]cn1. The van der Waals surface area contributed by atoms with Crippen molar-refractivity contribution >= 4 is 0 Å². The predicted octanol–water partition coefficient (Wildman–Crippen LogP) is 2.18. The zero-order chi connectivity index (χ0) is 10.8. The summed E-state index contributed by atoms with van der Waals surface area (Å²) < 4.78 is 2.21. The minimum atomic E-state index is 1.15. The van der Waals surface area contributed by atoms with Crippen LogP contribution in [0.25, 0.3) is 0 Å². The van der Waals surface area contributed by atoms with Crippen molar-refractivity contribution in [1.82, 2.24) is 9.97 Å². The van der Waals surface area contributed by atoms with E-state index in [0.29, 0.717) is 0 Å². The lowest BCUT2D eigenvalue weighted by Gasteiger charge is -1.91. The molecule has 0 radical (unpaired) electrons. The van der Waals surface area contributed by atoms with E-state index in [2.05, 4.69) is 46.0 Å². The van der Waals surface area contributed by atoms with Gasteiger partial charge in [-0.3, -0.25) is 0 Å². The van der Waals surface area contributed by atoms with Gasteiger partial charge in [0.05, 0.1) is 6.33 Å². The number of unbranched alkanes of at least 4 members (excludes halogenated alkanes) is 1. The van der Waals surface area contributed by atoms with Crippen LogP contribution in [0.4, 0.5) is 0 Å². The van der Waals surface area contributed by atoms with Gasteiger partial charge in [0.25, 0.3) is 0 Å². The van der Waals surface area contributed by atoms with Gasteiger partial charge in [-0.15, -0.1) is 0 Å². The number of hydrogen-bond acceptors (Lipinski definition) is 1. The zero-order valence-electron chi connectivity index (χ0n) is 9.13. The molecule has 0 amide bonds. The van der Waals surface area contributed by atoms with Crippen LogP contribution in [0.1, 0.15) is 19.8 Å². The lowest BCUT2D eigenvalue weighted by molar-refractivity contribution is -0.697. The first kappa shape index (κ1) is 11.4. The van der Waals surface area contributed by atoms with E-state index in [4.69, 9.17) is 0 Å². The predicted molar refractivity (Wildman–Crippen MR) is 60.1 cm³/mol. The van der Waals surface area contributed by atoms with Crippen molar-refractivity contribution in [3.63, 3.8) is 0 Å². The molecule has 0 saturated heterocycles. The topological polar surface area (TPSA) is 32.6 Å². The highest BCUT2D eigenvalue weighted by atomic mass is 14.9. The lowest BCUT2D eigenvalue weighted by atomic mass is 10.3. The molecule has 2 rings (SSSR count). The molecular weight excluding hydrogens is 186 g/mol. The maximum Gasteiger partial charge on any atom is 0.168 e. The van der Waals surface area contributed by atoms with Crippen LogP contribution < -0.4 is 4.57 Å². The van der Waals surface area contributed by atoms with E-state index in [0.717, 1.165) is 6.54 Å². The smallest absolute Gasteiger partial charge is 0.168 e. The molecule has 2 aromatic rings. The highest BCUT2D eigenvalue weighted by Crippen LogP contribution is 1.85. The molecular formula is C12H18N3+. The maximum atomic E-state index is 3.67. The number of aromatic amines is 1. The van der Waals surface area contributed by atoms with Gasteiger partial charge < -0.3 is 4.98 Å². The van der Waals surface area contributed by atoms with Crippen molar-refractivity contribution in [2.45, 2.75) is 26.3 Å². The van der Waals surface area contributed by atoms with Crippen molar-refractivity contribution in [2.75, 3.05) is 0 Å². The molecule has 0 aliphatic rings. The fourth-order valence-electron chi connectivity index (χ4n) is 1.14. The Labute approximate surface area is 90.8 Å². The molecule has 2 aromatic heterocycles. The van der Waals surface area contributed by atoms with Crippen LogP contribution in [-0.2, 0) is 6.54 Å². The fourth-order valence-corrected chi connectivity index (χ4v) is 1.14. The summed E-state index contributed by atoms with van der Waals surface area (Å²) in [4.78, 5) is 6.42. The molecule has 0 unspecified atom stereocenters. The van der Waals surface area contributed by atoms with Gasteiger partial charge in [-0.1, -0.05) is 19.4 Å². The third-order valence-corrected chi connectivity index (χ3v) is 1.95. The Morgan fingerprint density at radius 3 is 2.47 bits per heavy atom. The number of H-pyrrole nitrogens is 1. The average Bonchev–Trinajstić information content (AvgIpc) is 2.86. The molecule has 0 aromatic carbocycles. The minimum Gasteiger partial charge on any atom is -0.351 e.